The lowest BCUT2D eigenvalue weighted by atomic mass is 10.1. The highest BCUT2D eigenvalue weighted by Crippen LogP contribution is 2.29. The molecular formula is C21H25N3O3S2. The standard InChI is InChI=1S/C21H25N3O3S2/c1-3-12-24(13-4-2)29(26,27)17-10-11-18-19(15-17)28-21(22-18)23-20(25)14-16-8-6-5-7-9-16/h5-11,15H,3-4,12-14H2,1-2H3,(H,22,23,25). The van der Waals surface area contributed by atoms with Gasteiger partial charge in [-0.25, -0.2) is 13.4 Å². The van der Waals surface area contributed by atoms with E-state index in [1.165, 1.54) is 15.6 Å². The lowest BCUT2D eigenvalue weighted by molar-refractivity contribution is -0.115. The average Bonchev–Trinajstić information content (AvgIpc) is 3.09. The zero-order valence-corrected chi connectivity index (χ0v) is 18.2. The van der Waals surface area contributed by atoms with Gasteiger partial charge in [0.2, 0.25) is 15.9 Å². The van der Waals surface area contributed by atoms with E-state index in [0.29, 0.717) is 23.7 Å². The van der Waals surface area contributed by atoms with Crippen LogP contribution in [0.15, 0.2) is 53.4 Å². The molecule has 8 heteroatoms. The van der Waals surface area contributed by atoms with Gasteiger partial charge in [-0.1, -0.05) is 55.5 Å². The minimum absolute atomic E-state index is 0.153. The number of nitrogens with one attached hydrogen (secondary N) is 1. The Hall–Kier alpha value is -2.29. The van der Waals surface area contributed by atoms with Gasteiger partial charge in [-0.3, -0.25) is 4.79 Å². The predicted molar refractivity (Wildman–Crippen MR) is 118 cm³/mol. The number of fused-ring (bicyclic) bond motifs is 1. The summed E-state index contributed by atoms with van der Waals surface area (Å²) in [5, 5.41) is 3.28. The first-order valence-corrected chi connectivity index (χ1v) is 11.9. The molecule has 0 bridgehead atoms. The number of aromatic nitrogens is 1. The molecule has 0 fully saturated rings. The molecule has 1 heterocycles. The molecule has 0 saturated heterocycles. The predicted octanol–water partition coefficient (Wildman–Crippen LogP) is 4.29. The molecule has 2 aromatic carbocycles. The van der Waals surface area contributed by atoms with Crippen LogP contribution in [0.3, 0.4) is 0 Å². The van der Waals surface area contributed by atoms with Crippen molar-refractivity contribution in [2.24, 2.45) is 0 Å². The summed E-state index contributed by atoms with van der Waals surface area (Å²) in [5.41, 5.74) is 1.59. The van der Waals surface area contributed by atoms with Crippen molar-refractivity contribution in [1.82, 2.24) is 9.29 Å². The van der Waals surface area contributed by atoms with Crippen molar-refractivity contribution in [2.45, 2.75) is 38.0 Å². The minimum Gasteiger partial charge on any atom is -0.302 e. The second-order valence-corrected chi connectivity index (χ2v) is 9.73. The van der Waals surface area contributed by atoms with E-state index in [2.05, 4.69) is 10.3 Å². The Bertz CT molecular complexity index is 1070. The number of hydrogen-bond acceptors (Lipinski definition) is 5. The van der Waals surface area contributed by atoms with Crippen LogP contribution in [0.5, 0.6) is 0 Å². The Morgan fingerprint density at radius 3 is 2.41 bits per heavy atom. The fourth-order valence-corrected chi connectivity index (χ4v) is 5.71. The molecule has 0 aliphatic heterocycles. The van der Waals surface area contributed by atoms with E-state index in [1.54, 1.807) is 18.2 Å². The summed E-state index contributed by atoms with van der Waals surface area (Å²) in [4.78, 5) is 16.9. The molecule has 1 N–H and O–H groups in total. The zero-order chi connectivity index (χ0) is 20.9. The number of carbonyl (C=O) groups excluding carboxylic acids is 1. The summed E-state index contributed by atoms with van der Waals surface area (Å²) in [6.45, 7) is 4.93. The van der Waals surface area contributed by atoms with Crippen molar-refractivity contribution in [2.75, 3.05) is 18.4 Å². The third kappa shape index (κ3) is 5.20. The number of sulfonamides is 1. The Balaban J connectivity index is 1.80. The third-order valence-corrected chi connectivity index (χ3v) is 7.23. The summed E-state index contributed by atoms with van der Waals surface area (Å²) in [6.07, 6.45) is 1.79. The van der Waals surface area contributed by atoms with Crippen molar-refractivity contribution in [1.29, 1.82) is 0 Å². The maximum absolute atomic E-state index is 13.0. The number of benzene rings is 2. The SMILES string of the molecule is CCCN(CCC)S(=O)(=O)c1ccc2nc(NC(=O)Cc3ccccc3)sc2c1. The molecule has 3 rings (SSSR count). The summed E-state index contributed by atoms with van der Waals surface area (Å²) < 4.78 is 28.2. The van der Waals surface area contributed by atoms with Crippen LogP contribution in [-0.2, 0) is 21.2 Å². The number of rotatable bonds is 9. The summed E-state index contributed by atoms with van der Waals surface area (Å²) in [7, 11) is -3.55. The molecule has 1 aromatic heterocycles. The van der Waals surface area contributed by atoms with Crippen LogP contribution in [0.2, 0.25) is 0 Å². The lowest BCUT2D eigenvalue weighted by Gasteiger charge is -2.20. The minimum atomic E-state index is -3.55. The smallest absolute Gasteiger partial charge is 0.243 e. The topological polar surface area (TPSA) is 79.4 Å². The van der Waals surface area contributed by atoms with Crippen molar-refractivity contribution in [3.63, 3.8) is 0 Å². The maximum Gasteiger partial charge on any atom is 0.243 e. The van der Waals surface area contributed by atoms with Gasteiger partial charge in [-0.15, -0.1) is 0 Å². The van der Waals surface area contributed by atoms with E-state index in [-0.39, 0.29) is 17.2 Å². The number of thiazole rings is 1. The van der Waals surface area contributed by atoms with Crippen LogP contribution in [-0.4, -0.2) is 36.7 Å². The first-order chi connectivity index (χ1) is 13.9. The van der Waals surface area contributed by atoms with Crippen molar-refractivity contribution < 1.29 is 13.2 Å². The van der Waals surface area contributed by atoms with E-state index >= 15 is 0 Å². The van der Waals surface area contributed by atoms with Gasteiger partial charge in [-0.05, 0) is 36.6 Å². The van der Waals surface area contributed by atoms with Crippen LogP contribution >= 0.6 is 11.3 Å². The molecule has 0 aliphatic carbocycles. The van der Waals surface area contributed by atoms with Crippen LogP contribution in [0, 0.1) is 0 Å². The van der Waals surface area contributed by atoms with Gasteiger partial charge in [0.25, 0.3) is 0 Å². The Kier molecular flexibility index (Phi) is 7.00. The Morgan fingerprint density at radius 1 is 1.07 bits per heavy atom. The highest BCUT2D eigenvalue weighted by molar-refractivity contribution is 7.89. The molecule has 0 saturated carbocycles. The summed E-state index contributed by atoms with van der Waals surface area (Å²) in [5.74, 6) is -0.153. The number of carbonyl (C=O) groups is 1. The number of nitrogens with zero attached hydrogens (tertiary/aromatic N) is 2. The third-order valence-electron chi connectivity index (χ3n) is 4.40. The maximum atomic E-state index is 13.0. The van der Waals surface area contributed by atoms with Gasteiger partial charge in [0.05, 0.1) is 21.5 Å². The van der Waals surface area contributed by atoms with E-state index in [0.717, 1.165) is 23.1 Å². The monoisotopic (exact) mass is 431 g/mol. The first kappa shape index (κ1) is 21.4. The largest absolute Gasteiger partial charge is 0.302 e. The average molecular weight is 432 g/mol. The second-order valence-electron chi connectivity index (χ2n) is 6.76. The lowest BCUT2D eigenvalue weighted by Crippen LogP contribution is -2.32. The first-order valence-electron chi connectivity index (χ1n) is 9.68. The molecule has 0 unspecified atom stereocenters. The molecule has 6 nitrogen and oxygen atoms in total. The van der Waals surface area contributed by atoms with Crippen LogP contribution in [0.25, 0.3) is 10.2 Å². The second kappa shape index (κ2) is 9.47. The fraction of sp³-hybridized carbons (Fsp3) is 0.333. The summed E-state index contributed by atoms with van der Waals surface area (Å²) in [6, 6.07) is 14.4. The number of hydrogen-bond donors (Lipinski definition) is 1. The van der Waals surface area contributed by atoms with E-state index < -0.39 is 10.0 Å². The van der Waals surface area contributed by atoms with E-state index in [4.69, 9.17) is 0 Å². The van der Waals surface area contributed by atoms with Gasteiger partial charge >= 0.3 is 0 Å². The van der Waals surface area contributed by atoms with Gasteiger partial charge in [0.1, 0.15) is 0 Å². The van der Waals surface area contributed by atoms with Gasteiger partial charge < -0.3 is 5.32 Å². The molecule has 1 amide bonds. The molecular weight excluding hydrogens is 406 g/mol. The normalized spacial score (nSPS) is 11.8. The van der Waals surface area contributed by atoms with Crippen LogP contribution < -0.4 is 5.32 Å². The van der Waals surface area contributed by atoms with Gasteiger partial charge in [-0.2, -0.15) is 4.31 Å². The number of amides is 1. The van der Waals surface area contributed by atoms with Crippen molar-refractivity contribution >= 4 is 42.6 Å². The van der Waals surface area contributed by atoms with Crippen LogP contribution in [0.4, 0.5) is 5.13 Å². The highest BCUT2D eigenvalue weighted by atomic mass is 32.2. The summed E-state index contributed by atoms with van der Waals surface area (Å²) >= 11 is 1.28. The van der Waals surface area contributed by atoms with Crippen molar-refractivity contribution in [3.8, 4) is 0 Å². The number of anilines is 1. The molecule has 3 aromatic rings. The molecule has 29 heavy (non-hydrogen) atoms. The van der Waals surface area contributed by atoms with E-state index in [1.807, 2.05) is 44.2 Å². The van der Waals surface area contributed by atoms with E-state index in [9.17, 15) is 13.2 Å². The fourth-order valence-electron chi connectivity index (χ4n) is 3.06. The van der Waals surface area contributed by atoms with Gasteiger partial charge in [0.15, 0.2) is 5.13 Å². The Labute approximate surface area is 175 Å². The van der Waals surface area contributed by atoms with Gasteiger partial charge in [0, 0.05) is 13.1 Å². The Morgan fingerprint density at radius 2 is 1.76 bits per heavy atom. The zero-order valence-electron chi connectivity index (χ0n) is 16.6. The van der Waals surface area contributed by atoms with Crippen LogP contribution in [0.1, 0.15) is 32.3 Å². The highest BCUT2D eigenvalue weighted by Gasteiger charge is 2.23. The molecule has 0 radical (unpaired) electrons. The molecule has 154 valence electrons. The quantitative estimate of drug-likeness (QED) is 0.548. The molecule has 0 aliphatic rings. The van der Waals surface area contributed by atoms with Crippen molar-refractivity contribution in [3.05, 3.63) is 54.1 Å². The molecule has 0 atom stereocenters. The molecule has 0 spiro atoms.